The smallest absolute Gasteiger partial charge is 0.270 e. The van der Waals surface area contributed by atoms with Crippen LogP contribution in [-0.4, -0.2) is 29.0 Å². The highest BCUT2D eigenvalue weighted by atomic mass is 16.5. The van der Waals surface area contributed by atoms with Crippen molar-refractivity contribution in [3.8, 4) is 5.75 Å². The molecule has 0 aliphatic heterocycles. The fourth-order valence-corrected chi connectivity index (χ4v) is 2.12. The van der Waals surface area contributed by atoms with Crippen LogP contribution in [0.15, 0.2) is 30.3 Å². The fourth-order valence-electron chi connectivity index (χ4n) is 2.12. The van der Waals surface area contributed by atoms with Crippen LogP contribution in [0.1, 0.15) is 35.6 Å². The van der Waals surface area contributed by atoms with Gasteiger partial charge in [0, 0.05) is 23.8 Å². The number of anilines is 1. The van der Waals surface area contributed by atoms with Gasteiger partial charge in [0.05, 0.1) is 7.11 Å². The third kappa shape index (κ3) is 4.67. The summed E-state index contributed by atoms with van der Waals surface area (Å²) in [6, 6.07) is 9.44. The molecule has 6 nitrogen and oxygen atoms in total. The van der Waals surface area contributed by atoms with Crippen LogP contribution in [0.2, 0.25) is 0 Å². The van der Waals surface area contributed by atoms with Gasteiger partial charge in [0.15, 0.2) is 0 Å². The summed E-state index contributed by atoms with van der Waals surface area (Å²) >= 11 is 0. The molecule has 0 fully saturated rings. The van der Waals surface area contributed by atoms with Crippen molar-refractivity contribution in [2.24, 2.45) is 0 Å². The Morgan fingerprint density at radius 1 is 1.26 bits per heavy atom. The molecule has 1 aromatic carbocycles. The average molecular weight is 314 g/mol. The van der Waals surface area contributed by atoms with E-state index in [0.29, 0.717) is 18.2 Å². The molecule has 0 aliphatic carbocycles. The monoisotopic (exact) mass is 314 g/mol. The van der Waals surface area contributed by atoms with E-state index in [1.54, 1.807) is 13.2 Å². The SMILES string of the molecule is COc1ccccc1CNC(=O)c1cc(C)nc(NC(C)C)n1. The second-order valence-corrected chi connectivity index (χ2v) is 5.51. The largest absolute Gasteiger partial charge is 0.496 e. The number of carbonyl (C=O) groups excluding carboxylic acids is 1. The van der Waals surface area contributed by atoms with Gasteiger partial charge in [-0.15, -0.1) is 0 Å². The number of hydrogen-bond donors (Lipinski definition) is 2. The van der Waals surface area contributed by atoms with Crippen molar-refractivity contribution >= 4 is 11.9 Å². The van der Waals surface area contributed by atoms with Gasteiger partial charge in [-0.2, -0.15) is 0 Å². The third-order valence-corrected chi connectivity index (χ3v) is 3.14. The highest BCUT2D eigenvalue weighted by Crippen LogP contribution is 2.17. The molecular formula is C17H22N4O2. The predicted molar refractivity (Wildman–Crippen MR) is 89.7 cm³/mol. The maximum absolute atomic E-state index is 12.3. The van der Waals surface area contributed by atoms with Crippen LogP contribution >= 0.6 is 0 Å². The first kappa shape index (κ1) is 16.7. The van der Waals surface area contributed by atoms with E-state index < -0.39 is 0 Å². The second-order valence-electron chi connectivity index (χ2n) is 5.51. The number of rotatable bonds is 6. The molecule has 1 heterocycles. The Morgan fingerprint density at radius 2 is 2.00 bits per heavy atom. The van der Waals surface area contributed by atoms with Gasteiger partial charge in [-0.1, -0.05) is 18.2 Å². The van der Waals surface area contributed by atoms with Crippen LogP contribution in [0.4, 0.5) is 5.95 Å². The first-order valence-electron chi connectivity index (χ1n) is 7.52. The molecule has 0 unspecified atom stereocenters. The van der Waals surface area contributed by atoms with Crippen LogP contribution in [0, 0.1) is 6.92 Å². The standard InChI is InChI=1S/C17H22N4O2/c1-11(2)19-17-20-12(3)9-14(21-17)16(22)18-10-13-7-5-6-8-15(13)23-4/h5-9,11H,10H2,1-4H3,(H,18,22)(H,19,20,21). The summed E-state index contributed by atoms with van der Waals surface area (Å²) in [7, 11) is 1.61. The molecule has 0 aliphatic rings. The molecule has 0 bridgehead atoms. The number of nitrogens with one attached hydrogen (secondary N) is 2. The van der Waals surface area contributed by atoms with E-state index in [2.05, 4.69) is 20.6 Å². The van der Waals surface area contributed by atoms with Crippen molar-refractivity contribution in [2.45, 2.75) is 33.4 Å². The van der Waals surface area contributed by atoms with Crippen molar-refractivity contribution in [3.63, 3.8) is 0 Å². The van der Waals surface area contributed by atoms with Crippen molar-refractivity contribution in [1.82, 2.24) is 15.3 Å². The molecule has 6 heteroatoms. The molecule has 0 saturated carbocycles. The number of aromatic nitrogens is 2. The minimum absolute atomic E-state index is 0.196. The van der Waals surface area contributed by atoms with Gasteiger partial charge < -0.3 is 15.4 Å². The summed E-state index contributed by atoms with van der Waals surface area (Å²) in [5.41, 5.74) is 2.00. The second kappa shape index (κ2) is 7.58. The van der Waals surface area contributed by atoms with Crippen molar-refractivity contribution in [1.29, 1.82) is 0 Å². The van der Waals surface area contributed by atoms with Crippen LogP contribution in [0.3, 0.4) is 0 Å². The summed E-state index contributed by atoms with van der Waals surface area (Å²) in [6.45, 7) is 6.20. The highest BCUT2D eigenvalue weighted by molar-refractivity contribution is 5.92. The van der Waals surface area contributed by atoms with Gasteiger partial charge in [-0.25, -0.2) is 9.97 Å². The topological polar surface area (TPSA) is 76.1 Å². The Morgan fingerprint density at radius 3 is 2.70 bits per heavy atom. The summed E-state index contributed by atoms with van der Waals surface area (Å²) < 4.78 is 5.28. The number of amides is 1. The van der Waals surface area contributed by atoms with E-state index in [-0.39, 0.29) is 11.9 Å². The van der Waals surface area contributed by atoms with Gasteiger partial charge in [-0.05, 0) is 32.9 Å². The van der Waals surface area contributed by atoms with Crippen LogP contribution in [0.5, 0.6) is 5.75 Å². The number of methoxy groups -OCH3 is 1. The van der Waals surface area contributed by atoms with Crippen molar-refractivity contribution in [2.75, 3.05) is 12.4 Å². The molecule has 1 amide bonds. The van der Waals surface area contributed by atoms with Crippen molar-refractivity contribution < 1.29 is 9.53 Å². The van der Waals surface area contributed by atoms with Crippen LogP contribution in [0.25, 0.3) is 0 Å². The molecular weight excluding hydrogens is 292 g/mol. The quantitative estimate of drug-likeness (QED) is 0.857. The molecule has 2 rings (SSSR count). The van der Waals surface area contributed by atoms with E-state index in [1.807, 2.05) is 45.0 Å². The first-order chi connectivity index (χ1) is 11.0. The molecule has 23 heavy (non-hydrogen) atoms. The number of aryl methyl sites for hydroxylation is 1. The van der Waals surface area contributed by atoms with E-state index in [1.165, 1.54) is 0 Å². The third-order valence-electron chi connectivity index (χ3n) is 3.14. The number of nitrogens with zero attached hydrogens (tertiary/aromatic N) is 2. The van der Waals surface area contributed by atoms with E-state index in [9.17, 15) is 4.79 Å². The van der Waals surface area contributed by atoms with E-state index >= 15 is 0 Å². The summed E-state index contributed by atoms with van der Waals surface area (Å²) in [5, 5.41) is 5.97. The molecule has 1 aromatic heterocycles. The molecule has 2 aromatic rings. The fraction of sp³-hybridized carbons (Fsp3) is 0.353. The lowest BCUT2D eigenvalue weighted by Crippen LogP contribution is -2.25. The van der Waals surface area contributed by atoms with Gasteiger partial charge >= 0.3 is 0 Å². The summed E-state index contributed by atoms with van der Waals surface area (Å²) in [5.74, 6) is 0.962. The summed E-state index contributed by atoms with van der Waals surface area (Å²) in [4.78, 5) is 20.9. The summed E-state index contributed by atoms with van der Waals surface area (Å²) in [6.07, 6.45) is 0. The Balaban J connectivity index is 2.10. The minimum Gasteiger partial charge on any atom is -0.496 e. The van der Waals surface area contributed by atoms with Crippen LogP contribution < -0.4 is 15.4 Å². The first-order valence-corrected chi connectivity index (χ1v) is 7.52. The molecule has 2 N–H and O–H groups in total. The molecule has 0 atom stereocenters. The predicted octanol–water partition coefficient (Wildman–Crippen LogP) is 2.54. The zero-order valence-electron chi connectivity index (χ0n) is 13.9. The van der Waals surface area contributed by atoms with Gasteiger partial charge in [0.25, 0.3) is 5.91 Å². The van der Waals surface area contributed by atoms with Gasteiger partial charge in [0.1, 0.15) is 11.4 Å². The molecule has 122 valence electrons. The Hall–Kier alpha value is -2.63. The van der Waals surface area contributed by atoms with E-state index in [4.69, 9.17) is 4.74 Å². The normalized spacial score (nSPS) is 10.5. The lowest BCUT2D eigenvalue weighted by atomic mass is 10.2. The Bertz CT molecular complexity index is 686. The number of benzene rings is 1. The maximum Gasteiger partial charge on any atom is 0.270 e. The minimum atomic E-state index is -0.242. The van der Waals surface area contributed by atoms with Gasteiger partial charge in [-0.3, -0.25) is 4.79 Å². The Kier molecular flexibility index (Phi) is 5.51. The Labute approximate surface area is 136 Å². The zero-order valence-corrected chi connectivity index (χ0v) is 13.9. The number of carbonyl (C=O) groups is 1. The number of para-hydroxylation sites is 1. The lowest BCUT2D eigenvalue weighted by Gasteiger charge is -2.12. The number of ether oxygens (including phenoxy) is 1. The molecule has 0 saturated heterocycles. The van der Waals surface area contributed by atoms with Crippen molar-refractivity contribution in [3.05, 3.63) is 47.3 Å². The molecule has 0 radical (unpaired) electrons. The average Bonchev–Trinajstić information content (AvgIpc) is 2.51. The maximum atomic E-state index is 12.3. The highest BCUT2D eigenvalue weighted by Gasteiger charge is 2.12. The van der Waals surface area contributed by atoms with E-state index in [0.717, 1.165) is 17.0 Å². The van der Waals surface area contributed by atoms with Crippen LogP contribution in [-0.2, 0) is 6.54 Å². The number of hydrogen-bond acceptors (Lipinski definition) is 5. The lowest BCUT2D eigenvalue weighted by molar-refractivity contribution is 0.0945. The zero-order chi connectivity index (χ0) is 16.8. The van der Waals surface area contributed by atoms with Gasteiger partial charge in [0.2, 0.25) is 5.95 Å². The molecule has 0 spiro atoms.